The van der Waals surface area contributed by atoms with Gasteiger partial charge in [-0.3, -0.25) is 0 Å². The zero-order valence-corrected chi connectivity index (χ0v) is 13.4. The van der Waals surface area contributed by atoms with Gasteiger partial charge in [-0.1, -0.05) is 33.1 Å². The summed E-state index contributed by atoms with van der Waals surface area (Å²) >= 11 is 0. The van der Waals surface area contributed by atoms with Crippen LogP contribution < -0.4 is 5.32 Å². The summed E-state index contributed by atoms with van der Waals surface area (Å²) in [7, 11) is 0. The highest BCUT2D eigenvalue weighted by Crippen LogP contribution is 2.25. The average Bonchev–Trinajstić information content (AvgIpc) is 2.36. The third-order valence-electron chi connectivity index (χ3n) is 4.09. The van der Waals surface area contributed by atoms with E-state index in [1.54, 1.807) is 0 Å². The molecule has 0 bridgehead atoms. The summed E-state index contributed by atoms with van der Waals surface area (Å²) < 4.78 is 5.79. The molecule has 0 aromatic heterocycles. The van der Waals surface area contributed by atoms with E-state index in [0.717, 1.165) is 31.6 Å². The lowest BCUT2D eigenvalue weighted by molar-refractivity contribution is -0.0324. The molecular formula is C16H33NO3. The van der Waals surface area contributed by atoms with Gasteiger partial charge in [0.25, 0.3) is 0 Å². The van der Waals surface area contributed by atoms with Gasteiger partial charge in [-0.15, -0.1) is 0 Å². The molecule has 1 saturated carbocycles. The summed E-state index contributed by atoms with van der Waals surface area (Å²) in [4.78, 5) is 0. The fraction of sp³-hybridized carbons (Fsp3) is 1.00. The van der Waals surface area contributed by atoms with Crippen molar-refractivity contribution in [1.29, 1.82) is 0 Å². The highest BCUT2D eigenvalue weighted by atomic mass is 16.5. The van der Waals surface area contributed by atoms with Gasteiger partial charge in [0.1, 0.15) is 0 Å². The SMILES string of the molecule is CCCC(C)(O)CNCC(O)COC1CCCC(C)C1. The minimum atomic E-state index is -0.686. The molecule has 0 amide bonds. The number of aliphatic hydroxyl groups excluding tert-OH is 1. The maximum Gasteiger partial charge on any atom is 0.0897 e. The van der Waals surface area contributed by atoms with Crippen LogP contribution in [0.3, 0.4) is 0 Å². The highest BCUT2D eigenvalue weighted by Gasteiger charge is 2.21. The molecule has 0 aromatic carbocycles. The Morgan fingerprint density at radius 1 is 1.40 bits per heavy atom. The maximum atomic E-state index is 10.0. The predicted octanol–water partition coefficient (Wildman–Crippen LogP) is 2.08. The van der Waals surface area contributed by atoms with E-state index in [-0.39, 0.29) is 0 Å². The molecule has 1 aliphatic carbocycles. The van der Waals surface area contributed by atoms with Gasteiger partial charge >= 0.3 is 0 Å². The number of aliphatic hydroxyl groups is 2. The van der Waals surface area contributed by atoms with Crippen LogP contribution in [0.1, 0.15) is 59.3 Å². The van der Waals surface area contributed by atoms with Crippen molar-refractivity contribution in [3.05, 3.63) is 0 Å². The molecule has 4 nitrogen and oxygen atoms in total. The average molecular weight is 287 g/mol. The lowest BCUT2D eigenvalue weighted by Crippen LogP contribution is -2.42. The van der Waals surface area contributed by atoms with E-state index in [4.69, 9.17) is 4.74 Å². The number of hydrogen-bond donors (Lipinski definition) is 3. The molecule has 0 aliphatic heterocycles. The number of hydrogen-bond acceptors (Lipinski definition) is 4. The molecule has 4 unspecified atom stereocenters. The van der Waals surface area contributed by atoms with E-state index in [2.05, 4.69) is 19.2 Å². The normalized spacial score (nSPS) is 28.1. The molecule has 20 heavy (non-hydrogen) atoms. The predicted molar refractivity (Wildman–Crippen MR) is 81.8 cm³/mol. The molecule has 120 valence electrons. The summed E-state index contributed by atoms with van der Waals surface area (Å²) in [5.74, 6) is 0.744. The fourth-order valence-corrected chi connectivity index (χ4v) is 2.97. The van der Waals surface area contributed by atoms with Crippen molar-refractivity contribution in [2.75, 3.05) is 19.7 Å². The Bertz CT molecular complexity index is 258. The Labute approximate surface area is 123 Å². The summed E-state index contributed by atoms with van der Waals surface area (Å²) in [6.07, 6.45) is 6.32. The first kappa shape index (κ1) is 17.9. The first-order chi connectivity index (χ1) is 9.43. The van der Waals surface area contributed by atoms with Crippen molar-refractivity contribution in [1.82, 2.24) is 5.32 Å². The molecule has 0 saturated heterocycles. The lowest BCUT2D eigenvalue weighted by Gasteiger charge is -2.28. The monoisotopic (exact) mass is 287 g/mol. The number of nitrogens with one attached hydrogen (secondary N) is 1. The largest absolute Gasteiger partial charge is 0.389 e. The van der Waals surface area contributed by atoms with Crippen molar-refractivity contribution in [3.63, 3.8) is 0 Å². The van der Waals surface area contributed by atoms with Gasteiger partial charge in [-0.05, 0) is 32.1 Å². The van der Waals surface area contributed by atoms with Crippen LogP contribution in [0.4, 0.5) is 0 Å². The highest BCUT2D eigenvalue weighted by molar-refractivity contribution is 4.76. The Morgan fingerprint density at radius 2 is 2.15 bits per heavy atom. The topological polar surface area (TPSA) is 61.7 Å². The quantitative estimate of drug-likeness (QED) is 0.607. The Balaban J connectivity index is 2.09. The Hall–Kier alpha value is -0.160. The standard InChI is InChI=1S/C16H33NO3/c1-4-8-16(3,19)12-17-10-14(18)11-20-15-7-5-6-13(2)9-15/h13-15,17-19H,4-12H2,1-3H3. The van der Waals surface area contributed by atoms with Gasteiger partial charge in [-0.25, -0.2) is 0 Å². The van der Waals surface area contributed by atoms with Crippen molar-refractivity contribution >= 4 is 0 Å². The van der Waals surface area contributed by atoms with E-state index in [1.165, 1.54) is 12.8 Å². The third kappa shape index (κ3) is 7.58. The molecule has 0 aromatic rings. The van der Waals surface area contributed by atoms with Crippen molar-refractivity contribution in [3.8, 4) is 0 Å². The van der Waals surface area contributed by atoms with Crippen molar-refractivity contribution in [2.24, 2.45) is 5.92 Å². The summed E-state index contributed by atoms with van der Waals surface area (Å²) in [6, 6.07) is 0. The Kier molecular flexibility index (Phi) is 8.03. The second-order valence-corrected chi connectivity index (χ2v) is 6.76. The van der Waals surface area contributed by atoms with Gasteiger partial charge in [0.2, 0.25) is 0 Å². The van der Waals surface area contributed by atoms with Gasteiger partial charge in [0.05, 0.1) is 24.4 Å². The maximum absolute atomic E-state index is 10.0. The molecule has 3 N–H and O–H groups in total. The molecule has 4 heteroatoms. The van der Waals surface area contributed by atoms with Gasteiger partial charge in [-0.2, -0.15) is 0 Å². The van der Waals surface area contributed by atoms with Crippen LogP contribution in [0.25, 0.3) is 0 Å². The van der Waals surface area contributed by atoms with E-state index >= 15 is 0 Å². The zero-order chi connectivity index (χ0) is 15.0. The molecule has 1 aliphatic rings. The van der Waals surface area contributed by atoms with Gasteiger partial charge in [0.15, 0.2) is 0 Å². The third-order valence-corrected chi connectivity index (χ3v) is 4.09. The van der Waals surface area contributed by atoms with Gasteiger partial charge in [0, 0.05) is 13.1 Å². The van der Waals surface area contributed by atoms with E-state index in [0.29, 0.717) is 25.8 Å². The first-order valence-electron chi connectivity index (χ1n) is 8.15. The van der Waals surface area contributed by atoms with E-state index < -0.39 is 11.7 Å². The van der Waals surface area contributed by atoms with Crippen LogP contribution in [-0.2, 0) is 4.74 Å². The van der Waals surface area contributed by atoms with Crippen molar-refractivity contribution < 1.29 is 14.9 Å². The van der Waals surface area contributed by atoms with Crippen molar-refractivity contribution in [2.45, 2.75) is 77.1 Å². The second kappa shape index (κ2) is 8.98. The summed E-state index contributed by atoms with van der Waals surface area (Å²) in [5.41, 5.74) is -0.686. The summed E-state index contributed by atoms with van der Waals surface area (Å²) in [6.45, 7) is 7.53. The zero-order valence-electron chi connectivity index (χ0n) is 13.4. The number of rotatable bonds is 9. The molecule has 1 rings (SSSR count). The second-order valence-electron chi connectivity index (χ2n) is 6.76. The van der Waals surface area contributed by atoms with Crippen LogP contribution in [0.5, 0.6) is 0 Å². The van der Waals surface area contributed by atoms with Crippen LogP contribution >= 0.6 is 0 Å². The Morgan fingerprint density at radius 3 is 2.80 bits per heavy atom. The molecule has 1 fully saturated rings. The van der Waals surface area contributed by atoms with Crippen LogP contribution in [0, 0.1) is 5.92 Å². The smallest absolute Gasteiger partial charge is 0.0897 e. The molecule has 0 radical (unpaired) electrons. The molecule has 0 heterocycles. The van der Waals surface area contributed by atoms with E-state index in [9.17, 15) is 10.2 Å². The molecular weight excluding hydrogens is 254 g/mol. The fourth-order valence-electron chi connectivity index (χ4n) is 2.97. The van der Waals surface area contributed by atoms with E-state index in [1.807, 2.05) is 6.92 Å². The van der Waals surface area contributed by atoms with Crippen LogP contribution in [0.15, 0.2) is 0 Å². The lowest BCUT2D eigenvalue weighted by atomic mass is 9.89. The number of ether oxygens (including phenoxy) is 1. The van der Waals surface area contributed by atoms with Gasteiger partial charge < -0.3 is 20.3 Å². The minimum absolute atomic E-state index is 0.316. The summed E-state index contributed by atoms with van der Waals surface area (Å²) in [5, 5.41) is 23.0. The minimum Gasteiger partial charge on any atom is -0.389 e. The van der Waals surface area contributed by atoms with Crippen LogP contribution in [0.2, 0.25) is 0 Å². The molecule has 4 atom stereocenters. The first-order valence-corrected chi connectivity index (χ1v) is 8.15. The molecule has 0 spiro atoms. The van der Waals surface area contributed by atoms with Crippen LogP contribution in [-0.4, -0.2) is 47.7 Å².